The average molecular weight is 210 g/mol. The normalized spacial score (nSPS) is 13.1. The molecule has 0 aromatic rings. The van der Waals surface area contributed by atoms with Crippen LogP contribution >= 0.6 is 0 Å². The predicted molar refractivity (Wildman–Crippen MR) is 71.1 cm³/mol. The Morgan fingerprint density at radius 3 is 1.93 bits per heavy atom. The van der Waals surface area contributed by atoms with Crippen LogP contribution in [0.15, 0.2) is 12.7 Å². The standard InChI is InChI=1S/C15H30/c1-5-6-7-8-9-10-11-12-13-15(4)14(2)3/h5,14-15H,1,6-13H2,2-4H3. The van der Waals surface area contributed by atoms with Gasteiger partial charge >= 0.3 is 0 Å². The van der Waals surface area contributed by atoms with E-state index in [1.54, 1.807) is 0 Å². The number of allylic oxidation sites excluding steroid dienone is 1. The lowest BCUT2D eigenvalue weighted by Gasteiger charge is -2.14. The molecule has 0 nitrogen and oxygen atoms in total. The highest BCUT2D eigenvalue weighted by Gasteiger charge is 2.05. The lowest BCUT2D eigenvalue weighted by molar-refractivity contribution is 0.374. The zero-order valence-corrected chi connectivity index (χ0v) is 11.1. The zero-order valence-electron chi connectivity index (χ0n) is 11.1. The molecule has 0 aromatic carbocycles. The summed E-state index contributed by atoms with van der Waals surface area (Å²) >= 11 is 0. The molecule has 0 heteroatoms. The molecular weight excluding hydrogens is 180 g/mol. The van der Waals surface area contributed by atoms with Crippen LogP contribution < -0.4 is 0 Å². The second kappa shape index (κ2) is 10.3. The Bertz CT molecular complexity index is 135. The molecule has 0 bridgehead atoms. The molecule has 0 aliphatic heterocycles. The van der Waals surface area contributed by atoms with Gasteiger partial charge in [0, 0.05) is 0 Å². The summed E-state index contributed by atoms with van der Waals surface area (Å²) in [4.78, 5) is 0. The van der Waals surface area contributed by atoms with Gasteiger partial charge in [0.1, 0.15) is 0 Å². The molecule has 0 aromatic heterocycles. The van der Waals surface area contributed by atoms with Crippen molar-refractivity contribution in [2.45, 2.75) is 72.1 Å². The molecule has 0 fully saturated rings. The van der Waals surface area contributed by atoms with Crippen molar-refractivity contribution in [1.29, 1.82) is 0 Å². The maximum Gasteiger partial charge on any atom is -0.0353 e. The minimum absolute atomic E-state index is 0.859. The van der Waals surface area contributed by atoms with Crippen LogP contribution in [0.2, 0.25) is 0 Å². The molecule has 0 amide bonds. The van der Waals surface area contributed by atoms with Gasteiger partial charge in [0.05, 0.1) is 0 Å². The molecule has 1 unspecified atom stereocenters. The van der Waals surface area contributed by atoms with E-state index in [9.17, 15) is 0 Å². The van der Waals surface area contributed by atoms with Crippen LogP contribution in [0.5, 0.6) is 0 Å². The van der Waals surface area contributed by atoms with Crippen LogP contribution in [-0.2, 0) is 0 Å². The Morgan fingerprint density at radius 2 is 1.40 bits per heavy atom. The second-order valence-corrected chi connectivity index (χ2v) is 5.21. The lowest BCUT2D eigenvalue weighted by atomic mass is 9.92. The van der Waals surface area contributed by atoms with Gasteiger partial charge in [-0.25, -0.2) is 0 Å². The minimum atomic E-state index is 0.859. The third-order valence-corrected chi connectivity index (χ3v) is 3.46. The van der Waals surface area contributed by atoms with Crippen molar-refractivity contribution in [3.8, 4) is 0 Å². The molecule has 0 spiro atoms. The number of unbranched alkanes of at least 4 members (excludes halogenated alkanes) is 6. The molecule has 1 atom stereocenters. The first-order valence-corrected chi connectivity index (χ1v) is 6.79. The highest BCUT2D eigenvalue weighted by atomic mass is 14.1. The molecule has 0 aliphatic rings. The van der Waals surface area contributed by atoms with Crippen molar-refractivity contribution in [1.82, 2.24) is 0 Å². The van der Waals surface area contributed by atoms with Gasteiger partial charge in [-0.1, -0.05) is 65.4 Å². The summed E-state index contributed by atoms with van der Waals surface area (Å²) in [6.45, 7) is 10.8. The molecule has 0 heterocycles. The van der Waals surface area contributed by atoms with Crippen LogP contribution in [-0.4, -0.2) is 0 Å². The summed E-state index contributed by atoms with van der Waals surface area (Å²) in [7, 11) is 0. The summed E-state index contributed by atoms with van der Waals surface area (Å²) in [6, 6.07) is 0. The van der Waals surface area contributed by atoms with Crippen molar-refractivity contribution < 1.29 is 0 Å². The van der Waals surface area contributed by atoms with E-state index in [1.807, 2.05) is 6.08 Å². The Labute approximate surface area is 97.2 Å². The quantitative estimate of drug-likeness (QED) is 0.326. The maximum atomic E-state index is 3.74. The minimum Gasteiger partial charge on any atom is -0.103 e. The van der Waals surface area contributed by atoms with Crippen molar-refractivity contribution in [3.05, 3.63) is 12.7 Å². The van der Waals surface area contributed by atoms with Gasteiger partial charge in [0.25, 0.3) is 0 Å². The second-order valence-electron chi connectivity index (χ2n) is 5.21. The monoisotopic (exact) mass is 210 g/mol. The Kier molecular flexibility index (Phi) is 10.1. The Morgan fingerprint density at radius 1 is 0.867 bits per heavy atom. The summed E-state index contributed by atoms with van der Waals surface area (Å²) in [5.74, 6) is 1.77. The molecule has 0 N–H and O–H groups in total. The molecule has 0 rings (SSSR count). The third-order valence-electron chi connectivity index (χ3n) is 3.46. The third kappa shape index (κ3) is 10.0. The zero-order chi connectivity index (χ0) is 11.5. The summed E-state index contributed by atoms with van der Waals surface area (Å²) in [5.41, 5.74) is 0. The van der Waals surface area contributed by atoms with Gasteiger partial charge in [-0.2, -0.15) is 0 Å². The van der Waals surface area contributed by atoms with E-state index in [0.29, 0.717) is 0 Å². The molecule has 0 aliphatic carbocycles. The Balaban J connectivity index is 3.08. The molecule has 0 saturated heterocycles. The van der Waals surface area contributed by atoms with Crippen molar-refractivity contribution >= 4 is 0 Å². The fourth-order valence-corrected chi connectivity index (χ4v) is 1.80. The van der Waals surface area contributed by atoms with E-state index >= 15 is 0 Å². The van der Waals surface area contributed by atoms with Gasteiger partial charge in [-0.3, -0.25) is 0 Å². The van der Waals surface area contributed by atoms with Gasteiger partial charge in [0.15, 0.2) is 0 Å². The SMILES string of the molecule is C=CCCCCCCCCC(C)C(C)C. The molecule has 90 valence electrons. The van der Waals surface area contributed by atoms with Gasteiger partial charge < -0.3 is 0 Å². The first-order chi connectivity index (χ1) is 7.18. The summed E-state index contributed by atoms with van der Waals surface area (Å²) in [6.07, 6.45) is 13.1. The summed E-state index contributed by atoms with van der Waals surface area (Å²) < 4.78 is 0. The maximum absolute atomic E-state index is 3.74. The van der Waals surface area contributed by atoms with E-state index in [-0.39, 0.29) is 0 Å². The number of hydrogen-bond acceptors (Lipinski definition) is 0. The van der Waals surface area contributed by atoms with Crippen molar-refractivity contribution in [2.75, 3.05) is 0 Å². The van der Waals surface area contributed by atoms with Gasteiger partial charge in [0.2, 0.25) is 0 Å². The van der Waals surface area contributed by atoms with E-state index in [1.165, 1.54) is 51.4 Å². The molecule has 15 heavy (non-hydrogen) atoms. The topological polar surface area (TPSA) is 0 Å². The fraction of sp³-hybridized carbons (Fsp3) is 0.867. The molecule has 0 saturated carbocycles. The van der Waals surface area contributed by atoms with E-state index in [4.69, 9.17) is 0 Å². The first-order valence-electron chi connectivity index (χ1n) is 6.79. The van der Waals surface area contributed by atoms with Crippen LogP contribution in [0.25, 0.3) is 0 Å². The number of rotatable bonds is 10. The largest absolute Gasteiger partial charge is 0.103 e. The smallest absolute Gasteiger partial charge is 0.0353 e. The summed E-state index contributed by atoms with van der Waals surface area (Å²) in [5, 5.41) is 0. The van der Waals surface area contributed by atoms with E-state index in [2.05, 4.69) is 27.4 Å². The van der Waals surface area contributed by atoms with E-state index < -0.39 is 0 Å². The van der Waals surface area contributed by atoms with Crippen LogP contribution in [0.4, 0.5) is 0 Å². The first kappa shape index (κ1) is 14.7. The van der Waals surface area contributed by atoms with E-state index in [0.717, 1.165) is 11.8 Å². The van der Waals surface area contributed by atoms with Gasteiger partial charge in [-0.15, -0.1) is 6.58 Å². The van der Waals surface area contributed by atoms with Gasteiger partial charge in [-0.05, 0) is 24.7 Å². The van der Waals surface area contributed by atoms with Crippen LogP contribution in [0.3, 0.4) is 0 Å². The molecular formula is C15H30. The Hall–Kier alpha value is -0.260. The fourth-order valence-electron chi connectivity index (χ4n) is 1.80. The highest BCUT2D eigenvalue weighted by molar-refractivity contribution is 4.65. The molecule has 0 radical (unpaired) electrons. The highest BCUT2D eigenvalue weighted by Crippen LogP contribution is 2.18. The lowest BCUT2D eigenvalue weighted by Crippen LogP contribution is -2.03. The predicted octanol–water partition coefficient (Wildman–Crippen LogP) is 5.59. The van der Waals surface area contributed by atoms with Crippen LogP contribution in [0, 0.1) is 11.8 Å². The number of hydrogen-bond donors (Lipinski definition) is 0. The van der Waals surface area contributed by atoms with Crippen molar-refractivity contribution in [2.24, 2.45) is 11.8 Å². The van der Waals surface area contributed by atoms with Crippen LogP contribution in [0.1, 0.15) is 72.1 Å². The average Bonchev–Trinajstić information content (AvgIpc) is 2.21. The van der Waals surface area contributed by atoms with Crippen molar-refractivity contribution in [3.63, 3.8) is 0 Å².